The molecule has 0 bridgehead atoms. The minimum atomic E-state index is -3.29. The highest BCUT2D eigenvalue weighted by Crippen LogP contribution is 2.13. The molecule has 0 unspecified atom stereocenters. The van der Waals surface area contributed by atoms with Crippen molar-refractivity contribution >= 4 is 9.84 Å². The normalized spacial score (nSPS) is 11.8. The number of hydrogen-bond donors (Lipinski definition) is 0. The van der Waals surface area contributed by atoms with Gasteiger partial charge in [0, 0.05) is 5.41 Å². The van der Waals surface area contributed by atoms with E-state index in [0.717, 1.165) is 17.4 Å². The summed E-state index contributed by atoms with van der Waals surface area (Å²) in [6.07, 6.45) is 4.82. The maximum absolute atomic E-state index is 11.4. The number of sulfone groups is 1. The summed E-state index contributed by atoms with van der Waals surface area (Å²) >= 11 is 0. The molecule has 0 spiro atoms. The fraction of sp³-hybridized carbons (Fsp3) is 0.167. The van der Waals surface area contributed by atoms with E-state index in [2.05, 4.69) is 6.58 Å². The van der Waals surface area contributed by atoms with E-state index in [1.165, 1.54) is 0 Å². The van der Waals surface area contributed by atoms with E-state index in [1.54, 1.807) is 12.1 Å². The molecule has 0 aliphatic carbocycles. The number of rotatable bonds is 4. The third-order valence-corrected chi connectivity index (χ3v) is 3.43. The molecule has 0 amide bonds. The largest absolute Gasteiger partial charge is 0.219 e. The summed E-state index contributed by atoms with van der Waals surface area (Å²) in [6, 6.07) is 6.85. The molecule has 80 valence electrons. The van der Waals surface area contributed by atoms with Crippen LogP contribution in [0.2, 0.25) is 0 Å². The van der Waals surface area contributed by atoms with Crippen molar-refractivity contribution in [3.05, 3.63) is 54.0 Å². The minimum absolute atomic E-state index is 0.293. The fourth-order valence-electron chi connectivity index (χ4n) is 1.17. The highest BCUT2D eigenvalue weighted by molar-refractivity contribution is 7.94. The van der Waals surface area contributed by atoms with Gasteiger partial charge in [0.15, 0.2) is 9.84 Å². The zero-order chi connectivity index (χ0) is 11.3. The van der Waals surface area contributed by atoms with E-state index in [4.69, 9.17) is 0 Å². The molecule has 0 fully saturated rings. The Bertz CT molecular complexity index is 453. The Morgan fingerprint density at radius 2 is 1.87 bits per heavy atom. The number of benzene rings is 1. The Labute approximate surface area is 90.9 Å². The molecule has 0 saturated carbocycles. The predicted octanol–water partition coefficient (Wildman–Crippen LogP) is 2.72. The summed E-state index contributed by atoms with van der Waals surface area (Å²) in [5.41, 5.74) is 1.09. The molecule has 3 heteroatoms. The second-order valence-electron chi connectivity index (χ2n) is 3.13. The van der Waals surface area contributed by atoms with Crippen molar-refractivity contribution in [1.82, 2.24) is 0 Å². The van der Waals surface area contributed by atoms with Crippen LogP contribution in [0.25, 0.3) is 0 Å². The smallest absolute Gasteiger partial charge is 0.199 e. The Kier molecular flexibility index (Phi) is 3.86. The Morgan fingerprint density at radius 1 is 1.27 bits per heavy atom. The van der Waals surface area contributed by atoms with Crippen LogP contribution in [0.5, 0.6) is 0 Å². The van der Waals surface area contributed by atoms with Crippen LogP contribution < -0.4 is 0 Å². The van der Waals surface area contributed by atoms with Crippen molar-refractivity contribution in [3.8, 4) is 0 Å². The Balaban J connectivity index is 2.95. The van der Waals surface area contributed by atoms with Gasteiger partial charge in [0.05, 0.1) is 4.90 Å². The van der Waals surface area contributed by atoms with E-state index in [-0.39, 0.29) is 0 Å². The highest BCUT2D eigenvalue weighted by atomic mass is 32.2. The molecule has 2 nitrogen and oxygen atoms in total. The van der Waals surface area contributed by atoms with Gasteiger partial charge in [-0.25, -0.2) is 8.42 Å². The molecule has 0 atom stereocenters. The van der Waals surface area contributed by atoms with Gasteiger partial charge in [-0.2, -0.15) is 0 Å². The zero-order valence-electron chi connectivity index (χ0n) is 8.68. The lowest BCUT2D eigenvalue weighted by Gasteiger charge is -2.00. The lowest BCUT2D eigenvalue weighted by atomic mass is 10.1. The quantitative estimate of drug-likeness (QED) is 0.734. The van der Waals surface area contributed by atoms with E-state index >= 15 is 0 Å². The monoisotopic (exact) mass is 222 g/mol. The van der Waals surface area contributed by atoms with Crippen molar-refractivity contribution in [2.75, 3.05) is 0 Å². The summed E-state index contributed by atoms with van der Waals surface area (Å²) in [5.74, 6) is 0. The van der Waals surface area contributed by atoms with Crippen molar-refractivity contribution in [2.24, 2.45) is 0 Å². The van der Waals surface area contributed by atoms with Crippen LogP contribution in [0.4, 0.5) is 0 Å². The van der Waals surface area contributed by atoms with Crippen LogP contribution >= 0.6 is 0 Å². The summed E-state index contributed by atoms with van der Waals surface area (Å²) in [5, 5.41) is 0.966. The van der Waals surface area contributed by atoms with Gasteiger partial charge in [-0.15, -0.1) is 0 Å². The van der Waals surface area contributed by atoms with Crippen LogP contribution in [0.1, 0.15) is 12.5 Å². The summed E-state index contributed by atoms with van der Waals surface area (Å²) in [6.45, 7) is 5.24. The molecule has 0 N–H and O–H groups in total. The second-order valence-corrected chi connectivity index (χ2v) is 5.02. The molecule has 1 aromatic carbocycles. The second kappa shape index (κ2) is 4.94. The predicted molar refractivity (Wildman–Crippen MR) is 62.3 cm³/mol. The minimum Gasteiger partial charge on any atom is -0.219 e. The van der Waals surface area contributed by atoms with Gasteiger partial charge < -0.3 is 0 Å². The summed E-state index contributed by atoms with van der Waals surface area (Å²) < 4.78 is 22.8. The van der Waals surface area contributed by atoms with Crippen molar-refractivity contribution in [3.63, 3.8) is 0 Å². The highest BCUT2D eigenvalue weighted by Gasteiger charge is 2.07. The average molecular weight is 222 g/mol. The lowest BCUT2D eigenvalue weighted by Crippen LogP contribution is -1.95. The average Bonchev–Trinajstić information content (AvgIpc) is 2.27. The van der Waals surface area contributed by atoms with Crippen LogP contribution in [0.15, 0.2) is 53.3 Å². The molecular formula is C12H14O2S. The molecule has 0 aromatic heterocycles. The van der Waals surface area contributed by atoms with Gasteiger partial charge in [0.1, 0.15) is 0 Å². The number of allylic oxidation sites excluding steroid dienone is 2. The van der Waals surface area contributed by atoms with Gasteiger partial charge in [0.25, 0.3) is 0 Å². The fourth-order valence-corrected chi connectivity index (χ4v) is 1.87. The van der Waals surface area contributed by atoms with Crippen LogP contribution in [-0.4, -0.2) is 8.42 Å². The first kappa shape index (κ1) is 11.7. The zero-order valence-corrected chi connectivity index (χ0v) is 9.50. The molecule has 15 heavy (non-hydrogen) atoms. The third kappa shape index (κ3) is 3.06. The molecule has 0 aliphatic heterocycles. The topological polar surface area (TPSA) is 34.1 Å². The summed E-state index contributed by atoms with van der Waals surface area (Å²) in [4.78, 5) is 0.293. The van der Waals surface area contributed by atoms with Crippen molar-refractivity contribution < 1.29 is 8.42 Å². The van der Waals surface area contributed by atoms with Crippen LogP contribution in [0.3, 0.4) is 0 Å². The lowest BCUT2D eigenvalue weighted by molar-refractivity contribution is 0.604. The van der Waals surface area contributed by atoms with Crippen LogP contribution in [-0.2, 0) is 16.3 Å². The first-order valence-electron chi connectivity index (χ1n) is 4.68. The van der Waals surface area contributed by atoms with Gasteiger partial charge in [0.2, 0.25) is 0 Å². The third-order valence-electron chi connectivity index (χ3n) is 2.06. The van der Waals surface area contributed by atoms with E-state index in [9.17, 15) is 8.42 Å². The van der Waals surface area contributed by atoms with Crippen molar-refractivity contribution in [2.45, 2.75) is 18.2 Å². The summed E-state index contributed by atoms with van der Waals surface area (Å²) in [7, 11) is -3.29. The Morgan fingerprint density at radius 3 is 2.33 bits per heavy atom. The van der Waals surface area contributed by atoms with Gasteiger partial charge in [-0.1, -0.05) is 30.9 Å². The SMILES string of the molecule is C=CS(=O)(=O)c1ccc(C/C=C/C)cc1. The van der Waals surface area contributed by atoms with Gasteiger partial charge in [-0.05, 0) is 31.0 Å². The molecule has 1 rings (SSSR count). The van der Waals surface area contributed by atoms with Gasteiger partial charge >= 0.3 is 0 Å². The standard InChI is InChI=1S/C12H14O2S/c1-3-5-6-11-7-9-12(10-8-11)15(13,14)4-2/h3-5,7-10H,2,6H2,1H3/b5-3+. The van der Waals surface area contributed by atoms with Crippen LogP contribution in [0, 0.1) is 0 Å². The van der Waals surface area contributed by atoms with E-state index in [1.807, 2.05) is 31.2 Å². The maximum Gasteiger partial charge on any atom is 0.199 e. The Hall–Kier alpha value is -1.35. The van der Waals surface area contributed by atoms with Crippen molar-refractivity contribution in [1.29, 1.82) is 0 Å². The van der Waals surface area contributed by atoms with E-state index in [0.29, 0.717) is 4.90 Å². The maximum atomic E-state index is 11.4. The number of hydrogen-bond acceptors (Lipinski definition) is 2. The van der Waals surface area contributed by atoms with E-state index < -0.39 is 9.84 Å². The molecule has 0 aliphatic rings. The first-order chi connectivity index (χ1) is 7.10. The molecule has 1 aromatic rings. The first-order valence-corrected chi connectivity index (χ1v) is 6.22. The molecule has 0 saturated heterocycles. The molecule has 0 radical (unpaired) electrons. The molecule has 0 heterocycles. The van der Waals surface area contributed by atoms with Gasteiger partial charge in [-0.3, -0.25) is 0 Å². The molecular weight excluding hydrogens is 208 g/mol.